The third-order valence-corrected chi connectivity index (χ3v) is 5.13. The van der Waals surface area contributed by atoms with Crippen molar-refractivity contribution in [3.63, 3.8) is 0 Å². The molecule has 1 saturated heterocycles. The molecule has 6 heteroatoms. The van der Waals surface area contributed by atoms with Gasteiger partial charge in [-0.1, -0.05) is 12.5 Å². The van der Waals surface area contributed by atoms with E-state index in [1.807, 2.05) is 0 Å². The van der Waals surface area contributed by atoms with Gasteiger partial charge in [0.15, 0.2) is 0 Å². The second kappa shape index (κ2) is 9.66. The SMILES string of the molecule is N#CC1CCCCN1C(=O)C(N)CCCCNCc1cccs1. The summed E-state index contributed by atoms with van der Waals surface area (Å²) in [7, 11) is 0. The Balaban J connectivity index is 1.61. The van der Waals surface area contributed by atoms with Gasteiger partial charge in [0.25, 0.3) is 0 Å². The van der Waals surface area contributed by atoms with Gasteiger partial charge < -0.3 is 16.0 Å². The summed E-state index contributed by atoms with van der Waals surface area (Å²) in [6, 6.07) is 5.65. The summed E-state index contributed by atoms with van der Waals surface area (Å²) in [5, 5.41) is 14.6. The third-order valence-electron chi connectivity index (χ3n) is 4.25. The number of nitrogens with two attached hydrogens (primary N) is 1. The molecular weight excluding hydrogens is 308 g/mol. The van der Waals surface area contributed by atoms with Crippen molar-refractivity contribution < 1.29 is 4.79 Å². The first-order chi connectivity index (χ1) is 11.2. The molecule has 2 unspecified atom stereocenters. The number of amides is 1. The number of carbonyl (C=O) groups is 1. The number of thiophene rings is 1. The number of likely N-dealkylation sites (tertiary alicyclic amines) is 1. The van der Waals surface area contributed by atoms with Crippen molar-refractivity contribution in [3.05, 3.63) is 22.4 Å². The fraction of sp³-hybridized carbons (Fsp3) is 0.647. The van der Waals surface area contributed by atoms with E-state index in [4.69, 9.17) is 11.0 Å². The predicted octanol–water partition coefficient (Wildman–Crippen LogP) is 2.24. The Morgan fingerprint density at radius 3 is 3.13 bits per heavy atom. The first kappa shape index (κ1) is 17.9. The van der Waals surface area contributed by atoms with Crippen LogP contribution in [0.15, 0.2) is 17.5 Å². The smallest absolute Gasteiger partial charge is 0.240 e. The van der Waals surface area contributed by atoms with Gasteiger partial charge in [-0.2, -0.15) is 5.26 Å². The van der Waals surface area contributed by atoms with Gasteiger partial charge in [-0.3, -0.25) is 4.79 Å². The molecule has 0 spiro atoms. The summed E-state index contributed by atoms with van der Waals surface area (Å²) in [6.45, 7) is 2.51. The molecule has 0 saturated carbocycles. The topological polar surface area (TPSA) is 82.2 Å². The van der Waals surface area contributed by atoms with Crippen LogP contribution in [0.3, 0.4) is 0 Å². The zero-order valence-corrected chi connectivity index (χ0v) is 14.4. The van der Waals surface area contributed by atoms with E-state index < -0.39 is 6.04 Å². The fourth-order valence-electron chi connectivity index (χ4n) is 2.91. The molecule has 1 aromatic rings. The van der Waals surface area contributed by atoms with Gasteiger partial charge in [0.1, 0.15) is 6.04 Å². The maximum Gasteiger partial charge on any atom is 0.240 e. The minimum absolute atomic E-state index is 0.0530. The van der Waals surface area contributed by atoms with Gasteiger partial charge in [-0.25, -0.2) is 0 Å². The number of hydrogen-bond donors (Lipinski definition) is 2. The lowest BCUT2D eigenvalue weighted by molar-refractivity contribution is -0.135. The Bertz CT molecular complexity index is 511. The van der Waals surface area contributed by atoms with Gasteiger partial charge in [0.05, 0.1) is 12.1 Å². The lowest BCUT2D eigenvalue weighted by atomic mass is 10.0. The van der Waals surface area contributed by atoms with Crippen LogP contribution in [0.5, 0.6) is 0 Å². The second-order valence-corrected chi connectivity index (χ2v) is 7.06. The standard InChI is InChI=1S/C17H26N4OS/c18-12-14-6-2-4-10-21(14)17(22)16(19)8-1-3-9-20-13-15-7-5-11-23-15/h5,7,11,14,16,20H,1-4,6,8-10,13,19H2. The maximum absolute atomic E-state index is 12.4. The van der Waals surface area contributed by atoms with Crippen molar-refractivity contribution in [1.82, 2.24) is 10.2 Å². The van der Waals surface area contributed by atoms with E-state index in [9.17, 15) is 4.79 Å². The van der Waals surface area contributed by atoms with Crippen LogP contribution in [0, 0.1) is 11.3 Å². The zero-order valence-electron chi connectivity index (χ0n) is 13.5. The van der Waals surface area contributed by atoms with Crippen molar-refractivity contribution in [3.8, 4) is 6.07 Å². The van der Waals surface area contributed by atoms with Crippen LogP contribution in [0.2, 0.25) is 0 Å². The molecule has 5 nitrogen and oxygen atoms in total. The molecule has 0 radical (unpaired) electrons. The molecule has 2 rings (SSSR count). The van der Waals surface area contributed by atoms with E-state index in [0.717, 1.165) is 45.2 Å². The highest BCUT2D eigenvalue weighted by atomic mass is 32.1. The molecule has 126 valence electrons. The first-order valence-corrected chi connectivity index (χ1v) is 9.29. The van der Waals surface area contributed by atoms with E-state index in [1.165, 1.54) is 4.88 Å². The molecule has 0 aliphatic carbocycles. The van der Waals surface area contributed by atoms with Crippen molar-refractivity contribution in [2.75, 3.05) is 13.1 Å². The van der Waals surface area contributed by atoms with Crippen molar-refractivity contribution in [2.24, 2.45) is 5.73 Å². The van der Waals surface area contributed by atoms with Gasteiger partial charge in [-0.05, 0) is 50.1 Å². The number of hydrogen-bond acceptors (Lipinski definition) is 5. The number of piperidine rings is 1. The third kappa shape index (κ3) is 5.61. The second-order valence-electron chi connectivity index (χ2n) is 6.03. The Morgan fingerprint density at radius 2 is 2.39 bits per heavy atom. The van der Waals surface area contributed by atoms with Crippen LogP contribution in [-0.4, -0.2) is 36.0 Å². The van der Waals surface area contributed by atoms with Crippen LogP contribution < -0.4 is 11.1 Å². The highest BCUT2D eigenvalue weighted by Gasteiger charge is 2.29. The largest absolute Gasteiger partial charge is 0.325 e. The van der Waals surface area contributed by atoms with Gasteiger partial charge in [0.2, 0.25) is 5.91 Å². The summed E-state index contributed by atoms with van der Waals surface area (Å²) >= 11 is 1.75. The maximum atomic E-state index is 12.4. The van der Waals surface area contributed by atoms with Crippen molar-refractivity contribution in [2.45, 2.75) is 57.2 Å². The molecule has 1 aliphatic rings. The molecule has 3 N–H and O–H groups in total. The first-order valence-electron chi connectivity index (χ1n) is 8.41. The molecular formula is C17H26N4OS. The van der Waals surface area contributed by atoms with Gasteiger partial charge >= 0.3 is 0 Å². The zero-order chi connectivity index (χ0) is 16.5. The van der Waals surface area contributed by atoms with Gasteiger partial charge in [-0.15, -0.1) is 11.3 Å². The summed E-state index contributed by atoms with van der Waals surface area (Å²) < 4.78 is 0. The Morgan fingerprint density at radius 1 is 1.52 bits per heavy atom. The summed E-state index contributed by atoms with van der Waals surface area (Å²) in [5.41, 5.74) is 6.04. The van der Waals surface area contributed by atoms with E-state index in [2.05, 4.69) is 28.9 Å². The van der Waals surface area contributed by atoms with Crippen LogP contribution >= 0.6 is 11.3 Å². The quantitative estimate of drug-likeness (QED) is 0.714. The Labute approximate surface area is 142 Å². The van der Waals surface area contributed by atoms with E-state index in [-0.39, 0.29) is 11.9 Å². The molecule has 2 atom stereocenters. The summed E-state index contributed by atoms with van der Waals surface area (Å²) in [6.07, 6.45) is 5.40. The fourth-order valence-corrected chi connectivity index (χ4v) is 3.58. The van der Waals surface area contributed by atoms with E-state index in [0.29, 0.717) is 13.0 Å². The highest BCUT2D eigenvalue weighted by molar-refractivity contribution is 7.09. The molecule has 2 heterocycles. The number of nitriles is 1. The number of rotatable bonds is 8. The number of carbonyl (C=O) groups excluding carboxylic acids is 1. The van der Waals surface area contributed by atoms with Crippen LogP contribution in [-0.2, 0) is 11.3 Å². The Kier molecular flexibility index (Phi) is 7.53. The molecule has 23 heavy (non-hydrogen) atoms. The molecule has 1 aromatic heterocycles. The lowest BCUT2D eigenvalue weighted by Crippen LogP contribution is -2.50. The summed E-state index contributed by atoms with van der Waals surface area (Å²) in [4.78, 5) is 15.4. The number of nitrogens with one attached hydrogen (secondary N) is 1. The van der Waals surface area contributed by atoms with Crippen molar-refractivity contribution in [1.29, 1.82) is 5.26 Å². The van der Waals surface area contributed by atoms with Crippen LogP contribution in [0.4, 0.5) is 0 Å². The monoisotopic (exact) mass is 334 g/mol. The minimum atomic E-state index is -0.471. The number of nitrogens with zero attached hydrogens (tertiary/aromatic N) is 2. The molecule has 0 bridgehead atoms. The minimum Gasteiger partial charge on any atom is -0.325 e. The molecule has 1 amide bonds. The van der Waals surface area contributed by atoms with Crippen LogP contribution in [0.25, 0.3) is 0 Å². The van der Waals surface area contributed by atoms with E-state index in [1.54, 1.807) is 16.2 Å². The van der Waals surface area contributed by atoms with Crippen LogP contribution in [0.1, 0.15) is 43.4 Å². The lowest BCUT2D eigenvalue weighted by Gasteiger charge is -2.33. The van der Waals surface area contributed by atoms with Crippen molar-refractivity contribution >= 4 is 17.2 Å². The normalized spacial score (nSPS) is 19.3. The average Bonchev–Trinajstić information content (AvgIpc) is 3.10. The van der Waals surface area contributed by atoms with Gasteiger partial charge in [0, 0.05) is 18.0 Å². The number of unbranched alkanes of at least 4 members (excludes halogenated alkanes) is 1. The predicted molar refractivity (Wildman–Crippen MR) is 92.8 cm³/mol. The average molecular weight is 334 g/mol. The molecule has 0 aromatic carbocycles. The van der Waals surface area contributed by atoms with E-state index >= 15 is 0 Å². The molecule has 1 fully saturated rings. The summed E-state index contributed by atoms with van der Waals surface area (Å²) in [5.74, 6) is -0.0530. The Hall–Kier alpha value is -1.42. The molecule has 1 aliphatic heterocycles. The highest BCUT2D eigenvalue weighted by Crippen LogP contribution is 2.18.